The number of carbonyl (C=O) groups excluding carboxylic acids is 1. The van der Waals surface area contributed by atoms with Crippen LogP contribution in [0, 0.1) is 11.3 Å². The number of rotatable bonds is 2. The van der Waals surface area contributed by atoms with Gasteiger partial charge in [0.25, 0.3) is 0 Å². The van der Waals surface area contributed by atoms with E-state index in [0.29, 0.717) is 18.1 Å². The summed E-state index contributed by atoms with van der Waals surface area (Å²) >= 11 is 1.61. The summed E-state index contributed by atoms with van der Waals surface area (Å²) in [6.07, 6.45) is 0.901. The third-order valence-corrected chi connectivity index (χ3v) is 2.93. The van der Waals surface area contributed by atoms with Crippen LogP contribution in [0.5, 0.6) is 0 Å². The molecule has 0 aromatic heterocycles. The molecule has 0 unspecified atom stereocenters. The highest BCUT2D eigenvalue weighted by Crippen LogP contribution is 2.43. The minimum absolute atomic E-state index is 0.222. The van der Waals surface area contributed by atoms with Gasteiger partial charge in [-0.05, 0) is 0 Å². The van der Waals surface area contributed by atoms with Crippen LogP contribution in [0.3, 0.4) is 0 Å². The van der Waals surface area contributed by atoms with Crippen molar-refractivity contribution in [2.75, 3.05) is 0 Å². The molecule has 1 aliphatic carbocycles. The van der Waals surface area contributed by atoms with Gasteiger partial charge in [0.1, 0.15) is 10.5 Å². The first kappa shape index (κ1) is 8.61. The molecule has 1 aliphatic rings. The molecule has 0 aromatic carbocycles. The predicted octanol–water partition coefficient (Wildman–Crippen LogP) is 1.75. The van der Waals surface area contributed by atoms with E-state index in [-0.39, 0.29) is 10.5 Å². The number of carbonyl (C=O) groups is 1. The van der Waals surface area contributed by atoms with Crippen LogP contribution in [0.25, 0.3) is 0 Å². The highest BCUT2D eigenvalue weighted by Gasteiger charge is 2.44. The Morgan fingerprint density at radius 3 is 2.45 bits per heavy atom. The first-order chi connectivity index (χ1) is 5.08. The monoisotopic (exact) mass is 169 g/mol. The lowest BCUT2D eigenvalue weighted by atomic mass is 9.84. The number of hydrogen-bond donors (Lipinski definition) is 0. The summed E-state index contributed by atoms with van der Waals surface area (Å²) in [5, 5.41) is 9.21. The standard InChI is InChI=1S/C8H11NOS/c1-6(2)11-8(5-9)3-7(10)4-8/h6H,3-4H2,1-2H3. The lowest BCUT2D eigenvalue weighted by Gasteiger charge is -2.34. The van der Waals surface area contributed by atoms with E-state index < -0.39 is 0 Å². The minimum atomic E-state index is -0.370. The fraction of sp³-hybridized carbons (Fsp3) is 0.750. The van der Waals surface area contributed by atoms with Crippen molar-refractivity contribution in [3.63, 3.8) is 0 Å². The van der Waals surface area contributed by atoms with E-state index in [1.807, 2.05) is 13.8 Å². The fourth-order valence-corrected chi connectivity index (χ4v) is 2.67. The Balaban J connectivity index is 2.52. The Morgan fingerprint density at radius 2 is 2.18 bits per heavy atom. The molecule has 1 fully saturated rings. The Morgan fingerprint density at radius 1 is 1.64 bits per heavy atom. The van der Waals surface area contributed by atoms with Gasteiger partial charge in [0, 0.05) is 18.1 Å². The van der Waals surface area contributed by atoms with E-state index in [9.17, 15) is 4.79 Å². The van der Waals surface area contributed by atoms with Gasteiger partial charge < -0.3 is 0 Å². The quantitative estimate of drug-likeness (QED) is 0.632. The average molecular weight is 169 g/mol. The lowest BCUT2D eigenvalue weighted by molar-refractivity contribution is -0.124. The summed E-state index contributed by atoms with van der Waals surface area (Å²) < 4.78 is -0.370. The maximum atomic E-state index is 10.7. The number of nitrogens with zero attached hydrogens (tertiary/aromatic N) is 1. The summed E-state index contributed by atoms with van der Waals surface area (Å²) in [5.41, 5.74) is 0. The van der Waals surface area contributed by atoms with Gasteiger partial charge in [-0.2, -0.15) is 5.26 Å². The van der Waals surface area contributed by atoms with Crippen molar-refractivity contribution in [3.8, 4) is 6.07 Å². The van der Waals surface area contributed by atoms with Crippen LogP contribution in [0.15, 0.2) is 0 Å². The molecule has 0 atom stereocenters. The number of nitriles is 1. The van der Waals surface area contributed by atoms with Crippen molar-refractivity contribution in [3.05, 3.63) is 0 Å². The van der Waals surface area contributed by atoms with Gasteiger partial charge in [-0.15, -0.1) is 11.8 Å². The number of Topliss-reactive ketones (excluding diaryl/α,β-unsaturated/α-hetero) is 1. The maximum absolute atomic E-state index is 10.7. The molecule has 3 heteroatoms. The summed E-state index contributed by atoms with van der Waals surface area (Å²) in [7, 11) is 0. The number of hydrogen-bond acceptors (Lipinski definition) is 3. The second-order valence-electron chi connectivity index (χ2n) is 3.16. The zero-order valence-electron chi connectivity index (χ0n) is 6.76. The Kier molecular flexibility index (Phi) is 2.24. The molecule has 1 saturated carbocycles. The normalized spacial score (nSPS) is 21.1. The third-order valence-electron chi connectivity index (χ3n) is 1.63. The van der Waals surface area contributed by atoms with Crippen LogP contribution in [0.1, 0.15) is 26.7 Å². The van der Waals surface area contributed by atoms with Gasteiger partial charge in [-0.25, -0.2) is 0 Å². The summed E-state index contributed by atoms with van der Waals surface area (Å²) in [6, 6.07) is 2.22. The average Bonchev–Trinajstić information content (AvgIpc) is 1.82. The van der Waals surface area contributed by atoms with Gasteiger partial charge in [0.05, 0.1) is 6.07 Å². The molecule has 60 valence electrons. The molecule has 0 bridgehead atoms. The van der Waals surface area contributed by atoms with Crippen molar-refractivity contribution in [1.82, 2.24) is 0 Å². The molecule has 0 heterocycles. The van der Waals surface area contributed by atoms with Crippen LogP contribution >= 0.6 is 11.8 Å². The van der Waals surface area contributed by atoms with Crippen LogP contribution in [0.2, 0.25) is 0 Å². The Labute approximate surface area is 71.0 Å². The summed E-state index contributed by atoms with van der Waals surface area (Å²) in [5.74, 6) is 0.222. The molecular weight excluding hydrogens is 158 g/mol. The van der Waals surface area contributed by atoms with Gasteiger partial charge in [0.15, 0.2) is 0 Å². The van der Waals surface area contributed by atoms with E-state index >= 15 is 0 Å². The third kappa shape index (κ3) is 1.75. The van der Waals surface area contributed by atoms with Crippen LogP contribution in [0.4, 0.5) is 0 Å². The van der Waals surface area contributed by atoms with Gasteiger partial charge >= 0.3 is 0 Å². The van der Waals surface area contributed by atoms with Gasteiger partial charge in [0.2, 0.25) is 0 Å². The number of thioether (sulfide) groups is 1. The summed E-state index contributed by atoms with van der Waals surface area (Å²) in [4.78, 5) is 10.7. The second kappa shape index (κ2) is 2.86. The van der Waals surface area contributed by atoms with E-state index in [0.717, 1.165) is 0 Å². The van der Waals surface area contributed by atoms with E-state index in [1.54, 1.807) is 11.8 Å². The lowest BCUT2D eigenvalue weighted by Crippen LogP contribution is -2.40. The van der Waals surface area contributed by atoms with Crippen molar-refractivity contribution < 1.29 is 4.79 Å². The minimum Gasteiger partial charge on any atom is -0.300 e. The van der Waals surface area contributed by atoms with Gasteiger partial charge in [-0.1, -0.05) is 13.8 Å². The van der Waals surface area contributed by atoms with Crippen LogP contribution in [-0.2, 0) is 4.79 Å². The van der Waals surface area contributed by atoms with Gasteiger partial charge in [-0.3, -0.25) is 4.79 Å². The topological polar surface area (TPSA) is 40.9 Å². The van der Waals surface area contributed by atoms with Crippen molar-refractivity contribution in [2.45, 2.75) is 36.7 Å². The molecule has 2 nitrogen and oxygen atoms in total. The zero-order chi connectivity index (χ0) is 8.48. The molecular formula is C8H11NOS. The van der Waals surface area contributed by atoms with E-state index in [4.69, 9.17) is 5.26 Å². The van der Waals surface area contributed by atoms with E-state index in [2.05, 4.69) is 6.07 Å². The first-order valence-corrected chi connectivity index (χ1v) is 4.57. The molecule has 1 rings (SSSR count). The molecule has 0 radical (unpaired) electrons. The molecule has 0 spiro atoms. The second-order valence-corrected chi connectivity index (χ2v) is 5.12. The molecule has 0 aliphatic heterocycles. The van der Waals surface area contributed by atoms with Crippen molar-refractivity contribution >= 4 is 17.5 Å². The smallest absolute Gasteiger partial charge is 0.137 e. The molecule has 0 N–H and O–H groups in total. The van der Waals surface area contributed by atoms with Crippen LogP contribution in [-0.4, -0.2) is 15.8 Å². The predicted molar refractivity (Wildman–Crippen MR) is 45.3 cm³/mol. The van der Waals surface area contributed by atoms with Crippen molar-refractivity contribution in [1.29, 1.82) is 5.26 Å². The highest BCUT2D eigenvalue weighted by atomic mass is 32.2. The SMILES string of the molecule is CC(C)SC1(C#N)CC(=O)C1. The van der Waals surface area contributed by atoms with E-state index in [1.165, 1.54) is 0 Å². The highest BCUT2D eigenvalue weighted by molar-refractivity contribution is 8.01. The fourth-order valence-electron chi connectivity index (χ4n) is 1.23. The summed E-state index contributed by atoms with van der Waals surface area (Å²) in [6.45, 7) is 4.10. The van der Waals surface area contributed by atoms with Crippen LogP contribution < -0.4 is 0 Å². The Bertz CT molecular complexity index is 209. The molecule has 11 heavy (non-hydrogen) atoms. The Hall–Kier alpha value is -0.490. The largest absolute Gasteiger partial charge is 0.300 e. The van der Waals surface area contributed by atoms with Crippen molar-refractivity contribution in [2.24, 2.45) is 0 Å². The molecule has 0 saturated heterocycles. The number of ketones is 1. The first-order valence-electron chi connectivity index (χ1n) is 3.69. The molecule has 0 amide bonds. The zero-order valence-corrected chi connectivity index (χ0v) is 7.57. The maximum Gasteiger partial charge on any atom is 0.137 e. The molecule has 0 aromatic rings.